The number of nitrogens with zero attached hydrogens (tertiary/aromatic N) is 1. The maximum absolute atomic E-state index is 13.3. The third kappa shape index (κ3) is 2.46. The van der Waals surface area contributed by atoms with Crippen molar-refractivity contribution < 1.29 is 13.5 Å². The molecule has 1 aliphatic carbocycles. The largest absolute Gasteiger partial charge is 0.495 e. The van der Waals surface area contributed by atoms with Crippen LogP contribution in [0.5, 0.6) is 5.75 Å². The van der Waals surface area contributed by atoms with E-state index in [1.165, 1.54) is 0 Å². The smallest absolute Gasteiger partial charge is 0.248 e. The number of aromatic nitrogens is 1. The maximum atomic E-state index is 13.3. The normalized spacial score (nSPS) is 21.6. The Labute approximate surface area is 105 Å². The van der Waals surface area contributed by atoms with E-state index in [-0.39, 0.29) is 18.3 Å². The molecule has 3 nitrogen and oxygen atoms in total. The fourth-order valence-electron chi connectivity index (χ4n) is 2.53. The molecule has 0 aromatic carbocycles. The lowest BCUT2D eigenvalue weighted by Gasteiger charge is -2.39. The fourth-order valence-corrected chi connectivity index (χ4v) is 2.53. The molecule has 0 saturated heterocycles. The van der Waals surface area contributed by atoms with Crippen molar-refractivity contribution in [2.45, 2.75) is 37.0 Å². The predicted octanol–water partition coefficient (Wildman–Crippen LogP) is 2.50. The number of rotatable bonds is 3. The van der Waals surface area contributed by atoms with Gasteiger partial charge < -0.3 is 10.5 Å². The lowest BCUT2D eigenvalue weighted by atomic mass is 9.69. The second-order valence-corrected chi connectivity index (χ2v) is 4.95. The fraction of sp³-hybridized carbons (Fsp3) is 0.615. The summed E-state index contributed by atoms with van der Waals surface area (Å²) in [5, 5.41) is 0. The summed E-state index contributed by atoms with van der Waals surface area (Å²) in [6, 6.07) is 1.85. The summed E-state index contributed by atoms with van der Waals surface area (Å²) >= 11 is 0. The average Bonchev–Trinajstić information content (AvgIpc) is 2.39. The third-order valence-corrected chi connectivity index (χ3v) is 3.89. The quantitative estimate of drug-likeness (QED) is 0.903. The summed E-state index contributed by atoms with van der Waals surface area (Å²) in [5.74, 6) is -1.91. The first-order valence-electron chi connectivity index (χ1n) is 6.09. The number of methoxy groups -OCH3 is 1. The van der Waals surface area contributed by atoms with Crippen LogP contribution in [0, 0.1) is 0 Å². The van der Waals surface area contributed by atoms with E-state index in [0.29, 0.717) is 25.1 Å². The summed E-state index contributed by atoms with van der Waals surface area (Å²) < 4.78 is 31.7. The Morgan fingerprint density at radius 1 is 1.28 bits per heavy atom. The van der Waals surface area contributed by atoms with Crippen molar-refractivity contribution >= 4 is 0 Å². The van der Waals surface area contributed by atoms with Gasteiger partial charge in [-0.05, 0) is 24.5 Å². The molecule has 0 bridgehead atoms. The van der Waals surface area contributed by atoms with Crippen LogP contribution in [0.4, 0.5) is 8.78 Å². The molecule has 0 atom stereocenters. The summed E-state index contributed by atoms with van der Waals surface area (Å²) in [5.41, 5.74) is 6.35. The summed E-state index contributed by atoms with van der Waals surface area (Å²) in [4.78, 5) is 4.09. The van der Waals surface area contributed by atoms with E-state index >= 15 is 0 Å². The summed E-state index contributed by atoms with van der Waals surface area (Å²) in [6.45, 7) is 0.359. The molecular weight excluding hydrogens is 238 g/mol. The number of hydrogen-bond donors (Lipinski definition) is 1. The van der Waals surface area contributed by atoms with E-state index < -0.39 is 5.92 Å². The standard InChI is InChI=1S/C13H18F2N2O/c1-18-11-6-10(7-17-8-11)12(9-16)2-4-13(14,15)5-3-12/h6-8H,2-5,9,16H2,1H3. The molecule has 1 aliphatic rings. The number of alkyl halides is 2. The van der Waals surface area contributed by atoms with Gasteiger partial charge in [-0.1, -0.05) is 0 Å². The molecule has 1 saturated carbocycles. The van der Waals surface area contributed by atoms with Crippen molar-refractivity contribution in [3.05, 3.63) is 24.0 Å². The van der Waals surface area contributed by atoms with Gasteiger partial charge in [0.2, 0.25) is 5.92 Å². The van der Waals surface area contributed by atoms with Crippen molar-refractivity contribution in [2.75, 3.05) is 13.7 Å². The van der Waals surface area contributed by atoms with E-state index in [9.17, 15) is 8.78 Å². The van der Waals surface area contributed by atoms with Gasteiger partial charge in [-0.2, -0.15) is 0 Å². The van der Waals surface area contributed by atoms with Crippen molar-refractivity contribution in [1.82, 2.24) is 4.98 Å². The zero-order valence-electron chi connectivity index (χ0n) is 10.5. The molecule has 0 aliphatic heterocycles. The van der Waals surface area contributed by atoms with Gasteiger partial charge in [0.15, 0.2) is 0 Å². The molecular formula is C13H18F2N2O. The molecule has 1 aromatic heterocycles. The Morgan fingerprint density at radius 3 is 2.50 bits per heavy atom. The van der Waals surface area contributed by atoms with Gasteiger partial charge in [0.05, 0.1) is 13.3 Å². The minimum absolute atomic E-state index is 0.110. The highest BCUT2D eigenvalue weighted by Crippen LogP contribution is 2.45. The van der Waals surface area contributed by atoms with Gasteiger partial charge in [0.1, 0.15) is 5.75 Å². The van der Waals surface area contributed by atoms with Crippen LogP contribution < -0.4 is 10.5 Å². The minimum atomic E-state index is -2.55. The van der Waals surface area contributed by atoms with Crippen LogP contribution >= 0.6 is 0 Å². The zero-order valence-corrected chi connectivity index (χ0v) is 10.5. The Kier molecular flexibility index (Phi) is 3.52. The van der Waals surface area contributed by atoms with Crippen LogP contribution in [0.25, 0.3) is 0 Å². The van der Waals surface area contributed by atoms with E-state index in [2.05, 4.69) is 4.98 Å². The molecule has 2 N–H and O–H groups in total. The van der Waals surface area contributed by atoms with E-state index in [1.54, 1.807) is 19.5 Å². The summed E-state index contributed by atoms with van der Waals surface area (Å²) in [6.07, 6.45) is 3.88. The molecule has 0 radical (unpaired) electrons. The summed E-state index contributed by atoms with van der Waals surface area (Å²) in [7, 11) is 1.56. The van der Waals surface area contributed by atoms with Gasteiger partial charge in [0, 0.05) is 31.0 Å². The van der Waals surface area contributed by atoms with Gasteiger partial charge >= 0.3 is 0 Å². The first-order chi connectivity index (χ1) is 8.51. The molecule has 1 fully saturated rings. The maximum Gasteiger partial charge on any atom is 0.248 e. The van der Waals surface area contributed by atoms with E-state index in [0.717, 1.165) is 5.56 Å². The highest BCUT2D eigenvalue weighted by molar-refractivity contribution is 5.31. The van der Waals surface area contributed by atoms with Gasteiger partial charge in [-0.3, -0.25) is 4.98 Å². The molecule has 1 heterocycles. The van der Waals surface area contributed by atoms with Crippen LogP contribution in [0.2, 0.25) is 0 Å². The molecule has 18 heavy (non-hydrogen) atoms. The van der Waals surface area contributed by atoms with Crippen molar-refractivity contribution in [2.24, 2.45) is 5.73 Å². The second-order valence-electron chi connectivity index (χ2n) is 4.95. The van der Waals surface area contributed by atoms with E-state index in [4.69, 9.17) is 10.5 Å². The predicted molar refractivity (Wildman–Crippen MR) is 64.9 cm³/mol. The van der Waals surface area contributed by atoms with Crippen LogP contribution in [-0.2, 0) is 5.41 Å². The van der Waals surface area contributed by atoms with Crippen molar-refractivity contribution in [3.63, 3.8) is 0 Å². The number of hydrogen-bond acceptors (Lipinski definition) is 3. The Hall–Kier alpha value is -1.23. The third-order valence-electron chi connectivity index (χ3n) is 3.89. The molecule has 0 unspecified atom stereocenters. The second kappa shape index (κ2) is 4.80. The van der Waals surface area contributed by atoms with Crippen LogP contribution in [0.15, 0.2) is 18.5 Å². The highest BCUT2D eigenvalue weighted by Gasteiger charge is 2.43. The molecule has 100 valence electrons. The van der Waals surface area contributed by atoms with Crippen LogP contribution in [0.3, 0.4) is 0 Å². The first kappa shape index (κ1) is 13.2. The van der Waals surface area contributed by atoms with Crippen molar-refractivity contribution in [1.29, 1.82) is 0 Å². The lowest BCUT2D eigenvalue weighted by molar-refractivity contribution is -0.0509. The van der Waals surface area contributed by atoms with Crippen LogP contribution in [0.1, 0.15) is 31.2 Å². The molecule has 0 spiro atoms. The number of halogens is 2. The van der Waals surface area contributed by atoms with Gasteiger partial charge in [-0.15, -0.1) is 0 Å². The Balaban J connectivity index is 2.27. The Morgan fingerprint density at radius 2 is 1.94 bits per heavy atom. The Bertz CT molecular complexity index is 413. The zero-order chi connectivity index (χ0) is 13.2. The van der Waals surface area contributed by atoms with Crippen LogP contribution in [-0.4, -0.2) is 24.6 Å². The van der Waals surface area contributed by atoms with Gasteiger partial charge in [0.25, 0.3) is 0 Å². The number of nitrogens with two attached hydrogens (primary N) is 1. The average molecular weight is 256 g/mol. The molecule has 2 rings (SSSR count). The number of ether oxygens (including phenoxy) is 1. The lowest BCUT2D eigenvalue weighted by Crippen LogP contribution is -2.42. The van der Waals surface area contributed by atoms with Gasteiger partial charge in [-0.25, -0.2) is 8.78 Å². The highest BCUT2D eigenvalue weighted by atomic mass is 19.3. The molecule has 0 amide bonds. The number of pyridine rings is 1. The minimum Gasteiger partial charge on any atom is -0.495 e. The molecule has 1 aromatic rings. The SMILES string of the molecule is COc1cncc(C2(CN)CCC(F)(F)CC2)c1. The van der Waals surface area contributed by atoms with E-state index in [1.807, 2.05) is 6.07 Å². The monoisotopic (exact) mass is 256 g/mol. The topological polar surface area (TPSA) is 48.1 Å². The van der Waals surface area contributed by atoms with Crippen molar-refractivity contribution in [3.8, 4) is 5.75 Å². The molecule has 5 heteroatoms. The first-order valence-corrected chi connectivity index (χ1v) is 6.09.